The van der Waals surface area contributed by atoms with E-state index in [2.05, 4.69) is 32.9 Å². The number of ether oxygens (including phenoxy) is 1. The van der Waals surface area contributed by atoms with Crippen LogP contribution < -0.4 is 0 Å². The third-order valence-electron chi connectivity index (χ3n) is 2.76. The summed E-state index contributed by atoms with van der Waals surface area (Å²) in [6, 6.07) is 0. The van der Waals surface area contributed by atoms with Gasteiger partial charge in [0, 0.05) is 0 Å². The van der Waals surface area contributed by atoms with E-state index < -0.39 is 0 Å². The van der Waals surface area contributed by atoms with Crippen LogP contribution in [0.3, 0.4) is 0 Å². The summed E-state index contributed by atoms with van der Waals surface area (Å²) in [4.78, 5) is 11.4. The maximum absolute atomic E-state index is 11.4. The van der Waals surface area contributed by atoms with E-state index in [1.807, 2.05) is 13.8 Å². The molecule has 0 saturated carbocycles. The maximum Gasteiger partial charge on any atom is 0.308 e. The van der Waals surface area contributed by atoms with E-state index >= 15 is 0 Å². The third-order valence-corrected chi connectivity index (χ3v) is 2.76. The van der Waals surface area contributed by atoms with Crippen LogP contribution in [0.2, 0.25) is 0 Å². The molecular formula is C15H28O2. The molecule has 17 heavy (non-hydrogen) atoms. The molecule has 0 fully saturated rings. The summed E-state index contributed by atoms with van der Waals surface area (Å²) in [7, 11) is 0. The van der Waals surface area contributed by atoms with Crippen LogP contribution in [0, 0.1) is 17.8 Å². The van der Waals surface area contributed by atoms with Gasteiger partial charge in [-0.05, 0) is 38.0 Å². The van der Waals surface area contributed by atoms with E-state index in [0.717, 1.165) is 18.8 Å². The van der Waals surface area contributed by atoms with E-state index in [0.29, 0.717) is 12.5 Å². The van der Waals surface area contributed by atoms with Crippen LogP contribution in [-0.4, -0.2) is 12.6 Å². The second kappa shape index (κ2) is 9.26. The van der Waals surface area contributed by atoms with Crippen molar-refractivity contribution in [3.63, 3.8) is 0 Å². The predicted molar refractivity (Wildman–Crippen MR) is 72.8 cm³/mol. The molecular weight excluding hydrogens is 212 g/mol. The Morgan fingerprint density at radius 1 is 1.24 bits per heavy atom. The lowest BCUT2D eigenvalue weighted by Crippen LogP contribution is -2.14. The average molecular weight is 240 g/mol. The van der Waals surface area contributed by atoms with Gasteiger partial charge < -0.3 is 4.74 Å². The summed E-state index contributed by atoms with van der Waals surface area (Å²) >= 11 is 0. The van der Waals surface area contributed by atoms with Gasteiger partial charge in [0.05, 0.1) is 12.5 Å². The Morgan fingerprint density at radius 3 is 2.41 bits per heavy atom. The Hall–Kier alpha value is -0.790. The van der Waals surface area contributed by atoms with Gasteiger partial charge in [0.2, 0.25) is 0 Å². The lowest BCUT2D eigenvalue weighted by Gasteiger charge is -2.10. The molecule has 0 saturated heterocycles. The molecule has 0 aliphatic rings. The fraction of sp³-hybridized carbons (Fsp3) is 0.800. The molecule has 0 aromatic carbocycles. The van der Waals surface area contributed by atoms with Crippen molar-refractivity contribution < 1.29 is 9.53 Å². The quantitative estimate of drug-likeness (QED) is 0.469. The van der Waals surface area contributed by atoms with Gasteiger partial charge in [-0.3, -0.25) is 4.79 Å². The highest BCUT2D eigenvalue weighted by Gasteiger charge is 2.12. The maximum atomic E-state index is 11.4. The fourth-order valence-corrected chi connectivity index (χ4v) is 1.90. The van der Waals surface area contributed by atoms with Gasteiger partial charge in [0.1, 0.15) is 0 Å². The van der Waals surface area contributed by atoms with E-state index in [4.69, 9.17) is 4.74 Å². The normalized spacial score (nSPS) is 15.2. The third kappa shape index (κ3) is 8.96. The second-order valence-corrected chi connectivity index (χ2v) is 5.27. The average Bonchev–Trinajstić information content (AvgIpc) is 2.23. The SMILES string of the molecule is CCOC(=O)C(C)CC/C=C\[C@H](C)CC(C)C. The number of carbonyl (C=O) groups excluding carboxylic acids is 1. The van der Waals surface area contributed by atoms with Gasteiger partial charge in [-0.2, -0.15) is 0 Å². The summed E-state index contributed by atoms with van der Waals surface area (Å²) < 4.78 is 4.97. The van der Waals surface area contributed by atoms with E-state index in [9.17, 15) is 4.79 Å². The Kier molecular flexibility index (Phi) is 8.83. The van der Waals surface area contributed by atoms with Gasteiger partial charge in [-0.25, -0.2) is 0 Å². The van der Waals surface area contributed by atoms with Crippen LogP contribution in [0.4, 0.5) is 0 Å². The topological polar surface area (TPSA) is 26.3 Å². The molecule has 0 aliphatic carbocycles. The van der Waals surface area contributed by atoms with Gasteiger partial charge in [0.25, 0.3) is 0 Å². The Morgan fingerprint density at radius 2 is 1.88 bits per heavy atom. The predicted octanol–water partition coefficient (Wildman–Crippen LogP) is 4.20. The van der Waals surface area contributed by atoms with Gasteiger partial charge >= 0.3 is 5.97 Å². The molecule has 0 aromatic heterocycles. The second-order valence-electron chi connectivity index (χ2n) is 5.27. The standard InChI is InChI=1S/C15H28O2/c1-6-17-15(16)14(5)10-8-7-9-13(4)11-12(2)3/h7,9,12-14H,6,8,10-11H2,1-5H3/b9-7-/t13-,14?/m0/s1. The minimum Gasteiger partial charge on any atom is -0.466 e. The number of esters is 1. The lowest BCUT2D eigenvalue weighted by atomic mass is 9.97. The van der Waals surface area contributed by atoms with Crippen LogP contribution in [0.15, 0.2) is 12.2 Å². The Bertz CT molecular complexity index is 231. The molecule has 1 unspecified atom stereocenters. The van der Waals surface area contributed by atoms with Gasteiger partial charge in [-0.1, -0.05) is 39.8 Å². The first kappa shape index (κ1) is 16.2. The minimum absolute atomic E-state index is 0.0139. The molecule has 0 heterocycles. The first-order valence-corrected chi connectivity index (χ1v) is 6.80. The summed E-state index contributed by atoms with van der Waals surface area (Å²) in [5.74, 6) is 1.32. The number of carbonyl (C=O) groups is 1. The zero-order chi connectivity index (χ0) is 13.3. The first-order chi connectivity index (χ1) is 7.97. The van der Waals surface area contributed by atoms with Crippen molar-refractivity contribution >= 4 is 5.97 Å². The summed E-state index contributed by atoms with van der Waals surface area (Å²) in [5.41, 5.74) is 0. The van der Waals surface area contributed by atoms with Gasteiger partial charge in [0.15, 0.2) is 0 Å². The zero-order valence-corrected chi connectivity index (χ0v) is 12.0. The van der Waals surface area contributed by atoms with Crippen LogP contribution in [0.1, 0.15) is 53.9 Å². The molecule has 2 atom stereocenters. The number of hydrogen-bond donors (Lipinski definition) is 0. The lowest BCUT2D eigenvalue weighted by molar-refractivity contribution is -0.147. The van der Waals surface area contributed by atoms with Crippen molar-refractivity contribution in [2.45, 2.75) is 53.9 Å². The molecule has 0 radical (unpaired) electrons. The first-order valence-electron chi connectivity index (χ1n) is 6.80. The van der Waals surface area contributed by atoms with E-state index in [1.165, 1.54) is 6.42 Å². The van der Waals surface area contributed by atoms with Crippen molar-refractivity contribution in [3.8, 4) is 0 Å². The highest BCUT2D eigenvalue weighted by molar-refractivity contribution is 5.71. The fourth-order valence-electron chi connectivity index (χ4n) is 1.90. The monoisotopic (exact) mass is 240 g/mol. The Balaban J connectivity index is 3.75. The highest BCUT2D eigenvalue weighted by atomic mass is 16.5. The van der Waals surface area contributed by atoms with E-state index in [1.54, 1.807) is 0 Å². The number of rotatable bonds is 8. The van der Waals surface area contributed by atoms with Crippen molar-refractivity contribution in [1.82, 2.24) is 0 Å². The van der Waals surface area contributed by atoms with Crippen molar-refractivity contribution in [1.29, 1.82) is 0 Å². The molecule has 0 amide bonds. The molecule has 100 valence electrons. The molecule has 0 aromatic rings. The van der Waals surface area contributed by atoms with Crippen LogP contribution in [-0.2, 0) is 9.53 Å². The molecule has 2 nitrogen and oxygen atoms in total. The molecule has 0 bridgehead atoms. The zero-order valence-electron chi connectivity index (χ0n) is 12.0. The van der Waals surface area contributed by atoms with Crippen molar-refractivity contribution in [3.05, 3.63) is 12.2 Å². The highest BCUT2D eigenvalue weighted by Crippen LogP contribution is 2.14. The van der Waals surface area contributed by atoms with E-state index in [-0.39, 0.29) is 11.9 Å². The van der Waals surface area contributed by atoms with Crippen molar-refractivity contribution in [2.75, 3.05) is 6.61 Å². The molecule has 2 heteroatoms. The summed E-state index contributed by atoms with van der Waals surface area (Å²) in [6.07, 6.45) is 7.52. The smallest absolute Gasteiger partial charge is 0.308 e. The minimum atomic E-state index is -0.0730. The molecule has 0 aliphatic heterocycles. The molecule has 0 spiro atoms. The van der Waals surface area contributed by atoms with Gasteiger partial charge in [-0.15, -0.1) is 0 Å². The number of hydrogen-bond acceptors (Lipinski definition) is 2. The number of allylic oxidation sites excluding steroid dienone is 2. The summed E-state index contributed by atoms with van der Waals surface area (Å²) in [5, 5.41) is 0. The van der Waals surface area contributed by atoms with Crippen LogP contribution in [0.5, 0.6) is 0 Å². The Labute approximate surface area is 106 Å². The molecule has 0 rings (SSSR count). The summed E-state index contributed by atoms with van der Waals surface area (Å²) in [6.45, 7) is 11.0. The van der Waals surface area contributed by atoms with Crippen molar-refractivity contribution in [2.24, 2.45) is 17.8 Å². The van der Waals surface area contributed by atoms with Crippen LogP contribution in [0.25, 0.3) is 0 Å². The largest absolute Gasteiger partial charge is 0.466 e. The van der Waals surface area contributed by atoms with Crippen LogP contribution >= 0.6 is 0 Å². The molecule has 0 N–H and O–H groups in total.